The van der Waals surface area contributed by atoms with Gasteiger partial charge in [-0.3, -0.25) is 0 Å². The topological polar surface area (TPSA) is 36.9 Å². The van der Waals surface area contributed by atoms with Crippen molar-refractivity contribution in [1.82, 2.24) is 0 Å². The minimum absolute atomic E-state index is 0.0118. The molecule has 4 nitrogen and oxygen atoms in total. The van der Waals surface area contributed by atoms with Gasteiger partial charge in [-0.25, -0.2) is 0 Å². The monoisotopic (exact) mass is 344 g/mol. The SMILES string of the molecule is CC1(CCC(C)(C)B2Oc3ccccc3O2)COB(C(C)(C)C)OC1. The lowest BCUT2D eigenvalue weighted by Gasteiger charge is -2.41. The first kappa shape index (κ1) is 18.7. The summed E-state index contributed by atoms with van der Waals surface area (Å²) in [5.74, 6) is 1.67. The average molecular weight is 344 g/mol. The second-order valence-electron chi connectivity index (χ2n) is 9.63. The van der Waals surface area contributed by atoms with Gasteiger partial charge in [0, 0.05) is 23.9 Å². The molecule has 1 saturated heterocycles. The lowest BCUT2D eigenvalue weighted by Crippen LogP contribution is -2.47. The Morgan fingerprint density at radius 1 is 0.920 bits per heavy atom. The van der Waals surface area contributed by atoms with Crippen LogP contribution in [-0.2, 0) is 9.31 Å². The standard InChI is InChI=1S/C19H30B2O4/c1-17(2,3)20-22-13-19(6,14-23-20)12-11-18(4,5)21-24-15-9-7-8-10-16(15)25-21/h7-10H,11-14H2,1-6H3. The number of fused-ring (bicyclic) bond motifs is 1. The van der Waals surface area contributed by atoms with Crippen LogP contribution in [0.1, 0.15) is 54.4 Å². The van der Waals surface area contributed by atoms with Gasteiger partial charge in [0.1, 0.15) is 11.5 Å². The smallest absolute Gasteiger partial charge is 0.523 e. The molecule has 6 heteroatoms. The van der Waals surface area contributed by atoms with Crippen LogP contribution >= 0.6 is 0 Å². The molecule has 0 aliphatic carbocycles. The first-order valence-electron chi connectivity index (χ1n) is 9.25. The van der Waals surface area contributed by atoms with Crippen LogP contribution in [0.2, 0.25) is 10.6 Å². The molecular weight excluding hydrogens is 314 g/mol. The van der Waals surface area contributed by atoms with Crippen LogP contribution in [0, 0.1) is 5.41 Å². The third kappa shape index (κ3) is 4.17. The molecule has 2 aliphatic heterocycles. The summed E-state index contributed by atoms with van der Waals surface area (Å²) in [6, 6.07) is 7.87. The van der Waals surface area contributed by atoms with Crippen molar-refractivity contribution in [2.24, 2.45) is 5.41 Å². The number of benzene rings is 1. The second-order valence-corrected chi connectivity index (χ2v) is 9.63. The highest BCUT2D eigenvalue weighted by molar-refractivity contribution is 6.51. The Labute approximate surface area is 152 Å². The molecule has 0 radical (unpaired) electrons. The van der Waals surface area contributed by atoms with E-state index in [1.54, 1.807) is 0 Å². The van der Waals surface area contributed by atoms with E-state index in [1.807, 2.05) is 24.3 Å². The Kier molecular flexibility index (Phi) is 4.89. The van der Waals surface area contributed by atoms with E-state index in [4.69, 9.17) is 18.6 Å². The number of hydrogen-bond donors (Lipinski definition) is 0. The molecule has 0 unspecified atom stereocenters. The van der Waals surface area contributed by atoms with Crippen molar-refractivity contribution < 1.29 is 18.6 Å². The van der Waals surface area contributed by atoms with Gasteiger partial charge in [0.15, 0.2) is 0 Å². The first-order chi connectivity index (χ1) is 11.6. The zero-order valence-electron chi connectivity index (χ0n) is 16.4. The Hall–Kier alpha value is -1.13. The van der Waals surface area contributed by atoms with Crippen LogP contribution in [-0.4, -0.2) is 27.5 Å². The fourth-order valence-corrected chi connectivity index (χ4v) is 3.25. The molecule has 0 saturated carbocycles. The second kappa shape index (κ2) is 6.55. The highest BCUT2D eigenvalue weighted by Crippen LogP contribution is 2.46. The van der Waals surface area contributed by atoms with Crippen LogP contribution < -0.4 is 9.31 Å². The minimum Gasteiger partial charge on any atom is -0.523 e. The number of rotatable bonds is 4. The van der Waals surface area contributed by atoms with Crippen molar-refractivity contribution in [3.63, 3.8) is 0 Å². The van der Waals surface area contributed by atoms with Crippen molar-refractivity contribution in [2.45, 2.75) is 65.0 Å². The quantitative estimate of drug-likeness (QED) is 0.732. The third-order valence-corrected chi connectivity index (χ3v) is 5.20. The summed E-state index contributed by atoms with van der Waals surface area (Å²) >= 11 is 0. The summed E-state index contributed by atoms with van der Waals surface area (Å²) in [7, 11) is -0.370. The van der Waals surface area contributed by atoms with E-state index in [-0.39, 0.29) is 30.3 Å². The van der Waals surface area contributed by atoms with E-state index in [9.17, 15) is 0 Å². The van der Waals surface area contributed by atoms with Crippen molar-refractivity contribution >= 4 is 14.2 Å². The number of para-hydroxylation sites is 2. The predicted molar refractivity (Wildman–Crippen MR) is 102 cm³/mol. The van der Waals surface area contributed by atoms with Gasteiger partial charge in [0.2, 0.25) is 0 Å². The van der Waals surface area contributed by atoms with Crippen LogP contribution in [0.3, 0.4) is 0 Å². The minimum atomic E-state index is -0.249. The van der Waals surface area contributed by atoms with Crippen molar-refractivity contribution in [3.8, 4) is 11.5 Å². The molecule has 1 aromatic rings. The lowest BCUT2D eigenvalue weighted by molar-refractivity contribution is 0.000454. The summed E-state index contributed by atoms with van der Waals surface area (Å²) < 4.78 is 24.1. The van der Waals surface area contributed by atoms with Gasteiger partial charge in [0.25, 0.3) is 0 Å². The molecule has 1 fully saturated rings. The van der Waals surface area contributed by atoms with Crippen molar-refractivity contribution in [3.05, 3.63) is 24.3 Å². The molecule has 0 N–H and O–H groups in total. The third-order valence-electron chi connectivity index (χ3n) is 5.20. The van der Waals surface area contributed by atoms with Crippen LogP contribution in [0.4, 0.5) is 0 Å². The lowest BCUT2D eigenvalue weighted by atomic mass is 9.56. The Morgan fingerprint density at radius 3 is 1.92 bits per heavy atom. The summed E-state index contributed by atoms with van der Waals surface area (Å²) in [4.78, 5) is 0. The molecule has 25 heavy (non-hydrogen) atoms. The Morgan fingerprint density at radius 2 is 1.44 bits per heavy atom. The maximum Gasteiger partial charge on any atom is 0.600 e. The summed E-state index contributed by atoms with van der Waals surface area (Å²) in [5.41, 5.74) is 0.0322. The van der Waals surface area contributed by atoms with Gasteiger partial charge < -0.3 is 18.6 Å². The first-order valence-corrected chi connectivity index (χ1v) is 9.25. The predicted octanol–water partition coefficient (Wildman–Crippen LogP) is 4.85. The van der Waals surface area contributed by atoms with Crippen LogP contribution in [0.5, 0.6) is 11.5 Å². The molecule has 0 amide bonds. The molecule has 0 spiro atoms. The van der Waals surface area contributed by atoms with E-state index >= 15 is 0 Å². The van der Waals surface area contributed by atoms with Gasteiger partial charge >= 0.3 is 14.2 Å². The van der Waals surface area contributed by atoms with Gasteiger partial charge in [-0.05, 0) is 30.3 Å². The normalized spacial score (nSPS) is 20.1. The van der Waals surface area contributed by atoms with Crippen molar-refractivity contribution in [2.75, 3.05) is 13.2 Å². The van der Waals surface area contributed by atoms with Gasteiger partial charge in [-0.15, -0.1) is 0 Å². The summed E-state index contributed by atoms with van der Waals surface area (Å²) in [6.45, 7) is 14.6. The average Bonchev–Trinajstić information content (AvgIpc) is 2.98. The largest absolute Gasteiger partial charge is 0.600 e. The van der Waals surface area contributed by atoms with E-state index in [0.29, 0.717) is 0 Å². The zero-order chi connectivity index (χ0) is 18.3. The van der Waals surface area contributed by atoms with Crippen molar-refractivity contribution in [1.29, 1.82) is 0 Å². The van der Waals surface area contributed by atoms with Crippen LogP contribution in [0.25, 0.3) is 0 Å². The molecule has 3 rings (SSSR count). The van der Waals surface area contributed by atoms with E-state index in [0.717, 1.165) is 37.6 Å². The molecule has 136 valence electrons. The fourth-order valence-electron chi connectivity index (χ4n) is 3.25. The maximum absolute atomic E-state index is 6.02. The van der Waals surface area contributed by atoms with E-state index in [2.05, 4.69) is 41.5 Å². The molecule has 2 aliphatic rings. The van der Waals surface area contributed by atoms with E-state index < -0.39 is 0 Å². The molecular formula is C19H30B2O4. The molecule has 0 bridgehead atoms. The molecule has 1 aromatic carbocycles. The van der Waals surface area contributed by atoms with Gasteiger partial charge in [-0.1, -0.05) is 53.7 Å². The number of hydrogen-bond acceptors (Lipinski definition) is 4. The fraction of sp³-hybridized carbons (Fsp3) is 0.684. The summed E-state index contributed by atoms with van der Waals surface area (Å²) in [5, 5.41) is -0.0825. The molecule has 0 atom stereocenters. The Bertz CT molecular complexity index is 579. The zero-order valence-corrected chi connectivity index (χ0v) is 16.4. The van der Waals surface area contributed by atoms with Gasteiger partial charge in [-0.2, -0.15) is 0 Å². The molecule has 0 aromatic heterocycles. The highest BCUT2D eigenvalue weighted by Gasteiger charge is 2.48. The van der Waals surface area contributed by atoms with E-state index in [1.165, 1.54) is 0 Å². The molecule has 2 heterocycles. The Balaban J connectivity index is 1.54. The highest BCUT2D eigenvalue weighted by atomic mass is 16.6. The maximum atomic E-state index is 6.02. The van der Waals surface area contributed by atoms with Gasteiger partial charge in [0.05, 0.1) is 0 Å². The van der Waals surface area contributed by atoms with Crippen LogP contribution in [0.15, 0.2) is 24.3 Å². The summed E-state index contributed by atoms with van der Waals surface area (Å²) in [6.07, 6.45) is 1.99.